The predicted octanol–water partition coefficient (Wildman–Crippen LogP) is 8.49. The second kappa shape index (κ2) is 15.1. The molecular formula is C39H35N3O3S. The lowest BCUT2D eigenvalue weighted by atomic mass is 10.1. The van der Waals surface area contributed by atoms with Gasteiger partial charge in [0.2, 0.25) is 5.91 Å². The molecule has 0 bridgehead atoms. The van der Waals surface area contributed by atoms with E-state index < -0.39 is 11.2 Å². The molecule has 3 N–H and O–H groups in total. The maximum Gasteiger partial charge on any atom is 0.272 e. The smallest absolute Gasteiger partial charge is 0.272 e. The summed E-state index contributed by atoms with van der Waals surface area (Å²) in [6, 6.07) is 39.3. The van der Waals surface area contributed by atoms with Gasteiger partial charge < -0.3 is 16.0 Å². The summed E-state index contributed by atoms with van der Waals surface area (Å²) in [6.45, 7) is 5.97. The van der Waals surface area contributed by atoms with Gasteiger partial charge in [0.1, 0.15) is 10.9 Å². The minimum Gasteiger partial charge on any atom is -0.325 e. The normalized spacial score (nSPS) is 11.8. The highest BCUT2D eigenvalue weighted by Crippen LogP contribution is 2.37. The lowest BCUT2D eigenvalue weighted by molar-refractivity contribution is -0.116. The van der Waals surface area contributed by atoms with Gasteiger partial charge in [0.05, 0.1) is 0 Å². The van der Waals surface area contributed by atoms with E-state index in [1.165, 1.54) is 11.8 Å². The van der Waals surface area contributed by atoms with E-state index >= 15 is 0 Å². The molecule has 5 rings (SSSR count). The molecule has 0 saturated heterocycles. The Labute approximate surface area is 274 Å². The van der Waals surface area contributed by atoms with E-state index in [9.17, 15) is 14.4 Å². The number of carbonyl (C=O) groups is 3. The van der Waals surface area contributed by atoms with Gasteiger partial charge in [0, 0.05) is 21.8 Å². The largest absolute Gasteiger partial charge is 0.325 e. The van der Waals surface area contributed by atoms with Crippen LogP contribution in [0.25, 0.3) is 6.08 Å². The molecule has 6 nitrogen and oxygen atoms in total. The van der Waals surface area contributed by atoms with E-state index in [1.807, 2.05) is 112 Å². The minimum absolute atomic E-state index is 0.104. The summed E-state index contributed by atoms with van der Waals surface area (Å²) < 4.78 is 0. The molecule has 0 aromatic heterocycles. The van der Waals surface area contributed by atoms with Gasteiger partial charge in [-0.05, 0) is 91.6 Å². The van der Waals surface area contributed by atoms with Crippen LogP contribution in [0.5, 0.6) is 0 Å². The van der Waals surface area contributed by atoms with E-state index in [4.69, 9.17) is 0 Å². The van der Waals surface area contributed by atoms with Crippen LogP contribution in [0.2, 0.25) is 0 Å². The Morgan fingerprint density at radius 1 is 0.630 bits per heavy atom. The zero-order valence-corrected chi connectivity index (χ0v) is 26.7. The Morgan fingerprint density at radius 2 is 1.30 bits per heavy atom. The molecule has 3 amide bonds. The van der Waals surface area contributed by atoms with Crippen molar-refractivity contribution in [3.05, 3.63) is 166 Å². The summed E-state index contributed by atoms with van der Waals surface area (Å²) in [5, 5.41) is 8.26. The molecule has 0 aliphatic heterocycles. The van der Waals surface area contributed by atoms with Crippen LogP contribution in [0.4, 0.5) is 11.4 Å². The minimum atomic E-state index is -0.546. The maximum absolute atomic E-state index is 13.7. The highest BCUT2D eigenvalue weighted by molar-refractivity contribution is 8.00. The Kier molecular flexibility index (Phi) is 10.5. The number of aryl methyl sites for hydroxylation is 3. The van der Waals surface area contributed by atoms with Gasteiger partial charge in [0.25, 0.3) is 11.8 Å². The highest BCUT2D eigenvalue weighted by Gasteiger charge is 2.23. The third-order valence-electron chi connectivity index (χ3n) is 7.06. The molecule has 1 unspecified atom stereocenters. The fourth-order valence-corrected chi connectivity index (χ4v) is 6.09. The van der Waals surface area contributed by atoms with Gasteiger partial charge >= 0.3 is 0 Å². The van der Waals surface area contributed by atoms with Crippen LogP contribution in [0.3, 0.4) is 0 Å². The van der Waals surface area contributed by atoms with Crippen molar-refractivity contribution < 1.29 is 14.4 Å². The molecule has 0 fully saturated rings. The molecule has 230 valence electrons. The average Bonchev–Trinajstić information content (AvgIpc) is 3.04. The number of carbonyl (C=O) groups excluding carboxylic acids is 3. The van der Waals surface area contributed by atoms with Gasteiger partial charge in [-0.15, -0.1) is 11.8 Å². The maximum atomic E-state index is 13.7. The summed E-state index contributed by atoms with van der Waals surface area (Å²) in [5.74, 6) is -1.01. The second-order valence-corrected chi connectivity index (χ2v) is 12.2. The van der Waals surface area contributed by atoms with Crippen molar-refractivity contribution in [2.45, 2.75) is 30.9 Å². The molecule has 7 heteroatoms. The molecule has 0 heterocycles. The fraction of sp³-hybridized carbons (Fsp3) is 0.103. The van der Waals surface area contributed by atoms with Gasteiger partial charge in [-0.25, -0.2) is 0 Å². The first-order chi connectivity index (χ1) is 22.2. The third kappa shape index (κ3) is 8.83. The SMILES string of the molecule is Cc1cccc(/C=C(/NC(=O)c2ccccc2)C(=O)Nc2cccc(SC(C(=O)Nc3cc(C)cc(C)c3)c3ccccc3)c2)c1. The lowest BCUT2D eigenvalue weighted by Crippen LogP contribution is -2.30. The van der Waals surface area contributed by atoms with Crippen molar-refractivity contribution in [3.63, 3.8) is 0 Å². The zero-order valence-electron chi connectivity index (χ0n) is 25.9. The first kappa shape index (κ1) is 32.0. The molecule has 0 aliphatic rings. The van der Waals surface area contributed by atoms with Gasteiger partial charge in [-0.2, -0.15) is 0 Å². The topological polar surface area (TPSA) is 87.3 Å². The fourth-order valence-electron chi connectivity index (χ4n) is 5.01. The summed E-state index contributed by atoms with van der Waals surface area (Å²) in [6.07, 6.45) is 1.66. The third-order valence-corrected chi connectivity index (χ3v) is 8.31. The van der Waals surface area contributed by atoms with Crippen molar-refractivity contribution in [1.29, 1.82) is 0 Å². The number of hydrogen-bond donors (Lipinski definition) is 3. The van der Waals surface area contributed by atoms with E-state index in [1.54, 1.807) is 36.4 Å². The average molecular weight is 626 g/mol. The summed E-state index contributed by atoms with van der Waals surface area (Å²) in [5.41, 5.74) is 6.62. The quantitative estimate of drug-likeness (QED) is 0.107. The standard InChI is InChI=1S/C39H35N3O3S/c1-26-12-10-13-29(21-26)24-35(42-37(43)31-16-8-5-9-17-31)38(44)40-32-18-11-19-34(25-32)46-36(30-14-6-4-7-15-30)39(45)41-33-22-27(2)20-28(3)23-33/h4-25,36H,1-3H3,(H,40,44)(H,41,45)(H,42,43)/b35-24+. The van der Waals surface area contributed by atoms with Crippen LogP contribution in [0.15, 0.2) is 138 Å². The molecular weight excluding hydrogens is 591 g/mol. The lowest BCUT2D eigenvalue weighted by Gasteiger charge is -2.18. The van der Waals surface area contributed by atoms with Crippen molar-refractivity contribution in [2.24, 2.45) is 0 Å². The van der Waals surface area contributed by atoms with Crippen molar-refractivity contribution in [1.82, 2.24) is 5.32 Å². The van der Waals surface area contributed by atoms with Gasteiger partial charge in [0.15, 0.2) is 0 Å². The number of rotatable bonds is 10. The van der Waals surface area contributed by atoms with Crippen LogP contribution >= 0.6 is 11.8 Å². The van der Waals surface area contributed by atoms with Crippen molar-refractivity contribution >= 4 is 46.9 Å². The van der Waals surface area contributed by atoms with Crippen LogP contribution in [-0.4, -0.2) is 17.7 Å². The Hall–Kier alpha value is -5.40. The number of benzene rings is 5. The molecule has 46 heavy (non-hydrogen) atoms. The molecule has 5 aromatic carbocycles. The Bertz CT molecular complexity index is 1870. The number of anilines is 2. The molecule has 0 saturated carbocycles. The van der Waals surface area contributed by atoms with E-state index in [0.29, 0.717) is 11.3 Å². The van der Waals surface area contributed by atoms with Crippen molar-refractivity contribution in [2.75, 3.05) is 10.6 Å². The van der Waals surface area contributed by atoms with Crippen molar-refractivity contribution in [3.8, 4) is 0 Å². The Morgan fingerprint density at radius 3 is 2.00 bits per heavy atom. The molecule has 0 spiro atoms. The summed E-state index contributed by atoms with van der Waals surface area (Å²) in [7, 11) is 0. The van der Waals surface area contributed by atoms with Crippen LogP contribution in [-0.2, 0) is 9.59 Å². The van der Waals surface area contributed by atoms with E-state index in [-0.39, 0.29) is 17.5 Å². The van der Waals surface area contributed by atoms with Crippen LogP contribution < -0.4 is 16.0 Å². The number of thioether (sulfide) groups is 1. The molecule has 1 atom stereocenters. The molecule has 0 aliphatic carbocycles. The monoisotopic (exact) mass is 625 g/mol. The number of hydrogen-bond acceptors (Lipinski definition) is 4. The first-order valence-corrected chi connectivity index (χ1v) is 15.8. The molecule has 0 radical (unpaired) electrons. The molecule has 5 aromatic rings. The Balaban J connectivity index is 1.38. The zero-order chi connectivity index (χ0) is 32.5. The second-order valence-electron chi connectivity index (χ2n) is 11.0. The first-order valence-electron chi connectivity index (χ1n) is 14.9. The van der Waals surface area contributed by atoms with Gasteiger partial charge in [-0.1, -0.05) is 90.5 Å². The van der Waals surface area contributed by atoms with E-state index in [2.05, 4.69) is 22.0 Å². The van der Waals surface area contributed by atoms with Gasteiger partial charge in [-0.3, -0.25) is 14.4 Å². The predicted molar refractivity (Wildman–Crippen MR) is 188 cm³/mol. The summed E-state index contributed by atoms with van der Waals surface area (Å²) in [4.78, 5) is 41.1. The number of amides is 3. The number of nitrogens with one attached hydrogen (secondary N) is 3. The van der Waals surface area contributed by atoms with Crippen LogP contribution in [0.1, 0.15) is 43.4 Å². The van der Waals surface area contributed by atoms with E-state index in [0.717, 1.165) is 38.4 Å². The van der Waals surface area contributed by atoms with Crippen LogP contribution in [0, 0.1) is 20.8 Å². The summed E-state index contributed by atoms with van der Waals surface area (Å²) >= 11 is 1.39. The highest BCUT2D eigenvalue weighted by atomic mass is 32.2.